The maximum Gasteiger partial charge on any atom is 0.203 e. The first-order valence-corrected chi connectivity index (χ1v) is 6.36. The number of ether oxygens (including phenoxy) is 4. The molecular formula is C14H23NO4. The van der Waals surface area contributed by atoms with Crippen LogP contribution in [0.1, 0.15) is 12.5 Å². The molecule has 0 atom stereocenters. The fourth-order valence-electron chi connectivity index (χ4n) is 1.73. The summed E-state index contributed by atoms with van der Waals surface area (Å²) in [5, 5.41) is 3.09. The van der Waals surface area contributed by atoms with Crippen molar-refractivity contribution in [2.75, 3.05) is 41.1 Å². The summed E-state index contributed by atoms with van der Waals surface area (Å²) in [6, 6.07) is 3.88. The third-order valence-electron chi connectivity index (χ3n) is 2.58. The van der Waals surface area contributed by atoms with E-state index >= 15 is 0 Å². The van der Waals surface area contributed by atoms with Crippen molar-refractivity contribution in [2.24, 2.45) is 0 Å². The Bertz CT molecular complexity index is 357. The van der Waals surface area contributed by atoms with Gasteiger partial charge in [-0.2, -0.15) is 0 Å². The normalized spacial score (nSPS) is 10.3. The molecule has 5 heteroatoms. The minimum absolute atomic E-state index is 0.464. The van der Waals surface area contributed by atoms with Gasteiger partial charge >= 0.3 is 0 Å². The second kappa shape index (κ2) is 8.61. The van der Waals surface area contributed by atoms with E-state index in [0.29, 0.717) is 37.1 Å². The summed E-state index contributed by atoms with van der Waals surface area (Å²) < 4.78 is 21.7. The van der Waals surface area contributed by atoms with Gasteiger partial charge in [0.05, 0.1) is 20.8 Å². The maximum absolute atomic E-state index is 5.69. The van der Waals surface area contributed by atoms with Crippen LogP contribution in [0.3, 0.4) is 0 Å². The van der Waals surface area contributed by atoms with Gasteiger partial charge in [-0.15, -0.1) is 0 Å². The summed E-state index contributed by atoms with van der Waals surface area (Å²) >= 11 is 0. The van der Waals surface area contributed by atoms with E-state index in [-0.39, 0.29) is 0 Å². The van der Waals surface area contributed by atoms with Crippen LogP contribution in [0.25, 0.3) is 0 Å². The lowest BCUT2D eigenvalue weighted by Crippen LogP contribution is -2.09. The molecule has 0 amide bonds. The molecule has 0 unspecified atom stereocenters. The Balaban J connectivity index is 2.86. The lowest BCUT2D eigenvalue weighted by Gasteiger charge is -2.16. The van der Waals surface area contributed by atoms with Gasteiger partial charge < -0.3 is 24.3 Å². The fourth-order valence-corrected chi connectivity index (χ4v) is 1.73. The number of nitrogens with one attached hydrogen (secondary N) is 1. The van der Waals surface area contributed by atoms with Gasteiger partial charge in [0.25, 0.3) is 0 Å². The molecule has 1 aromatic carbocycles. The molecule has 0 heterocycles. The molecule has 0 saturated carbocycles. The van der Waals surface area contributed by atoms with Crippen molar-refractivity contribution in [1.82, 2.24) is 5.32 Å². The van der Waals surface area contributed by atoms with Crippen LogP contribution in [0, 0.1) is 0 Å². The molecule has 0 bridgehead atoms. The van der Waals surface area contributed by atoms with Crippen LogP contribution in [0.4, 0.5) is 0 Å². The molecule has 1 N–H and O–H groups in total. The van der Waals surface area contributed by atoms with E-state index in [4.69, 9.17) is 18.9 Å². The summed E-state index contributed by atoms with van der Waals surface area (Å²) in [6.07, 6.45) is 0. The topological polar surface area (TPSA) is 49.0 Å². The molecule has 1 aromatic rings. The van der Waals surface area contributed by atoms with E-state index in [9.17, 15) is 0 Å². The molecule has 0 spiro atoms. The Morgan fingerprint density at radius 2 is 1.68 bits per heavy atom. The molecule has 0 fully saturated rings. The van der Waals surface area contributed by atoms with Gasteiger partial charge in [-0.1, -0.05) is 0 Å². The molecule has 108 valence electrons. The van der Waals surface area contributed by atoms with E-state index in [2.05, 4.69) is 5.32 Å². The largest absolute Gasteiger partial charge is 0.493 e. The number of methoxy groups -OCH3 is 2. The van der Waals surface area contributed by atoms with Gasteiger partial charge in [0.2, 0.25) is 5.75 Å². The Morgan fingerprint density at radius 1 is 1.05 bits per heavy atom. The summed E-state index contributed by atoms with van der Waals surface area (Å²) in [4.78, 5) is 0. The first kappa shape index (κ1) is 15.6. The van der Waals surface area contributed by atoms with Gasteiger partial charge in [0.15, 0.2) is 11.5 Å². The number of hydrogen-bond donors (Lipinski definition) is 1. The van der Waals surface area contributed by atoms with Gasteiger partial charge in [-0.3, -0.25) is 0 Å². The minimum Gasteiger partial charge on any atom is -0.493 e. The van der Waals surface area contributed by atoms with Crippen molar-refractivity contribution in [3.05, 3.63) is 17.7 Å². The Hall–Kier alpha value is -1.46. The quantitative estimate of drug-likeness (QED) is 0.693. The summed E-state index contributed by atoms with van der Waals surface area (Å²) in [5.41, 5.74) is 1.08. The van der Waals surface area contributed by atoms with Crippen LogP contribution in [0.2, 0.25) is 0 Å². The van der Waals surface area contributed by atoms with E-state index in [0.717, 1.165) is 12.1 Å². The van der Waals surface area contributed by atoms with Crippen molar-refractivity contribution in [3.63, 3.8) is 0 Å². The van der Waals surface area contributed by atoms with Crippen molar-refractivity contribution in [2.45, 2.75) is 13.5 Å². The summed E-state index contributed by atoms with van der Waals surface area (Å²) in [6.45, 7) is 4.38. The monoisotopic (exact) mass is 269 g/mol. The molecule has 0 aliphatic heterocycles. The first-order chi connectivity index (χ1) is 9.26. The molecule has 0 saturated heterocycles. The molecule has 19 heavy (non-hydrogen) atoms. The second-order valence-electron chi connectivity index (χ2n) is 3.91. The maximum atomic E-state index is 5.69. The van der Waals surface area contributed by atoms with Crippen LogP contribution in [0.5, 0.6) is 17.2 Å². The molecule has 5 nitrogen and oxygen atoms in total. The van der Waals surface area contributed by atoms with Crippen LogP contribution in [-0.2, 0) is 11.3 Å². The number of rotatable bonds is 9. The van der Waals surface area contributed by atoms with Gasteiger partial charge in [-0.25, -0.2) is 0 Å². The van der Waals surface area contributed by atoms with Crippen molar-refractivity contribution >= 4 is 0 Å². The molecule has 0 aliphatic rings. The third-order valence-corrected chi connectivity index (χ3v) is 2.58. The van der Waals surface area contributed by atoms with Crippen LogP contribution >= 0.6 is 0 Å². The number of benzene rings is 1. The standard InChI is InChI=1S/C14H23NO4/c1-5-18-6-7-19-14-12(16-3)8-11(10-15-2)9-13(14)17-4/h8-9,15H,5-7,10H2,1-4H3. The predicted molar refractivity (Wildman–Crippen MR) is 74.3 cm³/mol. The first-order valence-electron chi connectivity index (χ1n) is 6.36. The molecule has 0 radical (unpaired) electrons. The zero-order chi connectivity index (χ0) is 14.1. The zero-order valence-electron chi connectivity index (χ0n) is 12.1. The van der Waals surface area contributed by atoms with Gasteiger partial charge in [-0.05, 0) is 31.7 Å². The summed E-state index contributed by atoms with van der Waals surface area (Å²) in [5.74, 6) is 1.95. The molecule has 0 aliphatic carbocycles. The predicted octanol–water partition coefficient (Wildman–Crippen LogP) is 1.84. The molecule has 0 aromatic heterocycles. The Kier molecular flexibility index (Phi) is 7.07. The molecular weight excluding hydrogens is 246 g/mol. The van der Waals surface area contributed by atoms with E-state index in [1.807, 2.05) is 26.1 Å². The van der Waals surface area contributed by atoms with Crippen molar-refractivity contribution in [3.8, 4) is 17.2 Å². The van der Waals surface area contributed by atoms with Crippen LogP contribution < -0.4 is 19.5 Å². The van der Waals surface area contributed by atoms with Crippen molar-refractivity contribution in [1.29, 1.82) is 0 Å². The van der Waals surface area contributed by atoms with Crippen LogP contribution in [-0.4, -0.2) is 41.1 Å². The zero-order valence-corrected chi connectivity index (χ0v) is 12.1. The highest BCUT2D eigenvalue weighted by atomic mass is 16.6. The fraction of sp³-hybridized carbons (Fsp3) is 0.571. The van der Waals surface area contributed by atoms with E-state index < -0.39 is 0 Å². The highest BCUT2D eigenvalue weighted by Crippen LogP contribution is 2.38. The number of hydrogen-bond acceptors (Lipinski definition) is 5. The lowest BCUT2D eigenvalue weighted by atomic mass is 10.2. The van der Waals surface area contributed by atoms with Gasteiger partial charge in [0, 0.05) is 13.2 Å². The average molecular weight is 269 g/mol. The van der Waals surface area contributed by atoms with Crippen LogP contribution in [0.15, 0.2) is 12.1 Å². The Morgan fingerprint density at radius 3 is 2.16 bits per heavy atom. The van der Waals surface area contributed by atoms with E-state index in [1.54, 1.807) is 14.2 Å². The SMILES string of the molecule is CCOCCOc1c(OC)cc(CNC)cc1OC. The highest BCUT2D eigenvalue weighted by molar-refractivity contribution is 5.53. The third kappa shape index (κ3) is 4.61. The van der Waals surface area contributed by atoms with Crippen molar-refractivity contribution < 1.29 is 18.9 Å². The van der Waals surface area contributed by atoms with E-state index in [1.165, 1.54) is 0 Å². The highest BCUT2D eigenvalue weighted by Gasteiger charge is 2.13. The average Bonchev–Trinajstić information content (AvgIpc) is 2.44. The second-order valence-corrected chi connectivity index (χ2v) is 3.91. The minimum atomic E-state index is 0.464. The van der Waals surface area contributed by atoms with Gasteiger partial charge in [0.1, 0.15) is 6.61 Å². The smallest absolute Gasteiger partial charge is 0.203 e. The molecule has 1 rings (SSSR count). The Labute approximate surface area is 114 Å². The summed E-state index contributed by atoms with van der Waals surface area (Å²) in [7, 11) is 5.13. The lowest BCUT2D eigenvalue weighted by molar-refractivity contribution is 0.107.